The Labute approximate surface area is 241 Å². The second kappa shape index (κ2) is 11.2. The summed E-state index contributed by atoms with van der Waals surface area (Å²) in [6, 6.07) is 20.4. The van der Waals surface area contributed by atoms with Crippen LogP contribution in [-0.4, -0.2) is 34.3 Å². The molecule has 2 N–H and O–H groups in total. The normalized spacial score (nSPS) is 16.8. The van der Waals surface area contributed by atoms with Gasteiger partial charge in [-0.3, -0.25) is 9.78 Å². The predicted molar refractivity (Wildman–Crippen MR) is 164 cm³/mol. The smallest absolute Gasteiger partial charge is 0.250 e. The van der Waals surface area contributed by atoms with Crippen LogP contribution in [0.1, 0.15) is 51.4 Å². The Morgan fingerprint density at radius 3 is 2.52 bits per heavy atom. The summed E-state index contributed by atoms with van der Waals surface area (Å²) >= 11 is 5.97. The molecular formula is C32H35N5O2S. The van der Waals surface area contributed by atoms with Crippen molar-refractivity contribution < 1.29 is 9.53 Å². The van der Waals surface area contributed by atoms with Gasteiger partial charge in [-0.05, 0) is 112 Å². The van der Waals surface area contributed by atoms with E-state index < -0.39 is 0 Å². The predicted octanol–water partition coefficient (Wildman–Crippen LogP) is 6.18. The van der Waals surface area contributed by atoms with Crippen LogP contribution in [0.15, 0.2) is 66.9 Å². The van der Waals surface area contributed by atoms with E-state index in [1.165, 1.54) is 29.5 Å². The van der Waals surface area contributed by atoms with Crippen molar-refractivity contribution in [2.75, 3.05) is 23.9 Å². The SMILES string of the molecule is COCC(=O)Nc1ccc(N2C(=S)N[C@@H](c3ccccn3)[C@H]2c2cc(C)n(-c3cccc(C)c3C)c2C)cc1C. The third-order valence-corrected chi connectivity index (χ3v) is 8.06. The molecule has 5 rings (SSSR count). The van der Waals surface area contributed by atoms with Gasteiger partial charge < -0.3 is 24.8 Å². The van der Waals surface area contributed by atoms with E-state index in [0.29, 0.717) is 5.11 Å². The van der Waals surface area contributed by atoms with Crippen molar-refractivity contribution in [1.29, 1.82) is 0 Å². The van der Waals surface area contributed by atoms with Gasteiger partial charge in [0.1, 0.15) is 6.61 Å². The van der Waals surface area contributed by atoms with Crippen LogP contribution in [0, 0.1) is 34.6 Å². The number of pyridine rings is 1. The number of methoxy groups -OCH3 is 1. The van der Waals surface area contributed by atoms with Crippen LogP contribution in [-0.2, 0) is 9.53 Å². The highest BCUT2D eigenvalue weighted by Crippen LogP contribution is 2.44. The fraction of sp³-hybridized carbons (Fsp3) is 0.281. The number of anilines is 2. The number of benzene rings is 2. The van der Waals surface area contributed by atoms with Crippen molar-refractivity contribution in [2.45, 2.75) is 46.7 Å². The average Bonchev–Trinajstić information content (AvgIpc) is 3.42. The molecule has 0 aliphatic carbocycles. The molecule has 40 heavy (non-hydrogen) atoms. The number of rotatable bonds is 7. The van der Waals surface area contributed by atoms with E-state index in [2.05, 4.69) is 78.1 Å². The molecule has 8 heteroatoms. The summed E-state index contributed by atoms with van der Waals surface area (Å²) in [6.07, 6.45) is 1.82. The van der Waals surface area contributed by atoms with Crippen molar-refractivity contribution in [3.8, 4) is 5.69 Å². The van der Waals surface area contributed by atoms with E-state index in [9.17, 15) is 4.79 Å². The fourth-order valence-corrected chi connectivity index (χ4v) is 5.99. The van der Waals surface area contributed by atoms with Crippen LogP contribution in [0.3, 0.4) is 0 Å². The Balaban J connectivity index is 1.63. The number of aromatic nitrogens is 2. The minimum absolute atomic E-state index is 0.00514. The van der Waals surface area contributed by atoms with Crippen LogP contribution in [0.2, 0.25) is 0 Å². The molecule has 2 aromatic carbocycles. The maximum atomic E-state index is 12.1. The standard InChI is InChI=1S/C32H35N5O2S/c1-19-10-9-12-28(22(19)4)36-21(3)17-25(23(36)5)31-30(27-11-7-8-15-33-27)35-32(40)37(31)24-13-14-26(20(2)16-24)34-29(38)18-39-6/h7-17,30-31H,18H2,1-6H3,(H,34,38)(H,35,40)/t30-,31+/m0/s1. The van der Waals surface area contributed by atoms with Gasteiger partial charge in [0.2, 0.25) is 5.91 Å². The quantitative estimate of drug-likeness (QED) is 0.267. The van der Waals surface area contributed by atoms with Crippen molar-refractivity contribution >= 4 is 34.6 Å². The molecule has 1 aliphatic rings. The molecule has 0 bridgehead atoms. The first-order chi connectivity index (χ1) is 19.2. The van der Waals surface area contributed by atoms with Crippen LogP contribution >= 0.6 is 12.2 Å². The topological polar surface area (TPSA) is 71.4 Å². The van der Waals surface area contributed by atoms with Gasteiger partial charge in [-0.25, -0.2) is 0 Å². The lowest BCUT2D eigenvalue weighted by molar-refractivity contribution is -0.119. The van der Waals surface area contributed by atoms with E-state index in [-0.39, 0.29) is 24.6 Å². The number of nitrogens with one attached hydrogen (secondary N) is 2. The number of ether oxygens (including phenoxy) is 1. The molecule has 2 atom stereocenters. The number of thiocarbonyl (C=S) groups is 1. The van der Waals surface area contributed by atoms with Gasteiger partial charge in [0.25, 0.3) is 0 Å². The highest BCUT2D eigenvalue weighted by molar-refractivity contribution is 7.80. The van der Waals surface area contributed by atoms with Crippen LogP contribution in [0.5, 0.6) is 0 Å². The van der Waals surface area contributed by atoms with Crippen LogP contribution in [0.25, 0.3) is 5.69 Å². The Bertz CT molecular complexity index is 1580. The van der Waals surface area contributed by atoms with Crippen molar-refractivity contribution in [3.05, 3.63) is 106 Å². The highest BCUT2D eigenvalue weighted by Gasteiger charge is 2.42. The molecule has 1 amide bonds. The largest absolute Gasteiger partial charge is 0.375 e. The summed E-state index contributed by atoms with van der Waals surface area (Å²) in [6.45, 7) is 10.6. The average molecular weight is 554 g/mol. The minimum atomic E-state index is -0.191. The maximum absolute atomic E-state index is 12.1. The third-order valence-electron chi connectivity index (χ3n) is 7.74. The molecule has 1 fully saturated rings. The molecule has 2 aromatic heterocycles. The monoisotopic (exact) mass is 553 g/mol. The molecule has 206 valence electrons. The molecule has 0 saturated carbocycles. The fourth-order valence-electron chi connectivity index (χ4n) is 5.64. The van der Waals surface area contributed by atoms with E-state index in [1.54, 1.807) is 0 Å². The number of hydrogen-bond donors (Lipinski definition) is 2. The molecule has 1 saturated heterocycles. The third kappa shape index (κ3) is 5.00. The number of carbonyl (C=O) groups excluding carboxylic acids is 1. The van der Waals surface area contributed by atoms with Crippen molar-refractivity contribution in [2.24, 2.45) is 0 Å². The van der Waals surface area contributed by atoms with Gasteiger partial charge in [-0.1, -0.05) is 18.2 Å². The highest BCUT2D eigenvalue weighted by atomic mass is 32.1. The lowest BCUT2D eigenvalue weighted by atomic mass is 9.96. The van der Waals surface area contributed by atoms with Gasteiger partial charge in [-0.2, -0.15) is 0 Å². The molecule has 7 nitrogen and oxygen atoms in total. The second-order valence-corrected chi connectivity index (χ2v) is 10.7. The van der Waals surface area contributed by atoms with Crippen molar-refractivity contribution in [1.82, 2.24) is 14.9 Å². The zero-order valence-electron chi connectivity index (χ0n) is 23.8. The van der Waals surface area contributed by atoms with E-state index in [0.717, 1.165) is 34.0 Å². The molecule has 4 aromatic rings. The first-order valence-electron chi connectivity index (χ1n) is 13.4. The summed E-state index contributed by atoms with van der Waals surface area (Å²) in [5, 5.41) is 7.12. The molecule has 3 heterocycles. The molecule has 0 spiro atoms. The Morgan fingerprint density at radius 1 is 1.02 bits per heavy atom. The van der Waals surface area contributed by atoms with Gasteiger partial charge in [0, 0.05) is 41.8 Å². The number of carbonyl (C=O) groups is 1. The number of nitrogens with zero attached hydrogens (tertiary/aromatic N) is 3. The molecular weight excluding hydrogens is 518 g/mol. The van der Waals surface area contributed by atoms with E-state index in [1.807, 2.05) is 43.5 Å². The van der Waals surface area contributed by atoms with Gasteiger partial charge >= 0.3 is 0 Å². The Hall–Kier alpha value is -4.01. The number of aryl methyl sites for hydroxylation is 3. The lowest BCUT2D eigenvalue weighted by Gasteiger charge is -2.29. The van der Waals surface area contributed by atoms with Crippen molar-refractivity contribution in [3.63, 3.8) is 0 Å². The van der Waals surface area contributed by atoms with Crippen LogP contribution in [0.4, 0.5) is 11.4 Å². The Morgan fingerprint density at radius 2 is 1.82 bits per heavy atom. The molecule has 1 aliphatic heterocycles. The number of amides is 1. The van der Waals surface area contributed by atoms with Gasteiger partial charge in [0.05, 0.1) is 17.8 Å². The maximum Gasteiger partial charge on any atom is 0.250 e. The first-order valence-corrected chi connectivity index (χ1v) is 13.8. The Kier molecular flexibility index (Phi) is 7.74. The summed E-state index contributed by atoms with van der Waals surface area (Å²) in [7, 11) is 1.51. The summed E-state index contributed by atoms with van der Waals surface area (Å²) < 4.78 is 7.31. The number of hydrogen-bond acceptors (Lipinski definition) is 4. The molecule has 0 radical (unpaired) electrons. The van der Waals surface area contributed by atoms with E-state index in [4.69, 9.17) is 21.9 Å². The lowest BCUT2D eigenvalue weighted by Crippen LogP contribution is -2.29. The second-order valence-electron chi connectivity index (χ2n) is 10.4. The van der Waals surface area contributed by atoms with Gasteiger partial charge in [-0.15, -0.1) is 0 Å². The van der Waals surface area contributed by atoms with E-state index >= 15 is 0 Å². The van der Waals surface area contributed by atoms with Gasteiger partial charge in [0.15, 0.2) is 5.11 Å². The summed E-state index contributed by atoms with van der Waals surface area (Å²) in [5.74, 6) is -0.191. The summed E-state index contributed by atoms with van der Waals surface area (Å²) in [5.41, 5.74) is 10.8. The zero-order valence-corrected chi connectivity index (χ0v) is 24.6. The molecule has 0 unspecified atom stereocenters. The summed E-state index contributed by atoms with van der Waals surface area (Å²) in [4.78, 5) is 19.0. The first kappa shape index (κ1) is 27.6. The zero-order chi connectivity index (χ0) is 28.6. The van der Waals surface area contributed by atoms with Crippen LogP contribution < -0.4 is 15.5 Å². The minimum Gasteiger partial charge on any atom is -0.375 e.